The van der Waals surface area contributed by atoms with Crippen molar-refractivity contribution in [3.8, 4) is 11.4 Å². The summed E-state index contributed by atoms with van der Waals surface area (Å²) in [7, 11) is 0.0811. The zero-order chi connectivity index (χ0) is 22.9. The molecule has 0 unspecified atom stereocenters. The number of carbonyl (C=O) groups excluding carboxylic acids is 1. The van der Waals surface area contributed by atoms with Crippen LogP contribution in [0.3, 0.4) is 0 Å². The van der Waals surface area contributed by atoms with Crippen molar-refractivity contribution in [1.82, 2.24) is 14.5 Å². The number of thioether (sulfide) groups is 1. The smallest absolute Gasteiger partial charge is 0.266 e. The first-order chi connectivity index (χ1) is 15.3. The molecule has 4 rings (SSSR count). The van der Waals surface area contributed by atoms with Gasteiger partial charge in [-0.25, -0.2) is 13.4 Å². The largest absolute Gasteiger partial charge is 0.497 e. The van der Waals surface area contributed by atoms with Crippen molar-refractivity contribution in [3.63, 3.8) is 0 Å². The summed E-state index contributed by atoms with van der Waals surface area (Å²) in [6, 6.07) is 13.8. The van der Waals surface area contributed by atoms with E-state index in [0.29, 0.717) is 33.9 Å². The van der Waals surface area contributed by atoms with Crippen molar-refractivity contribution in [2.24, 2.45) is 0 Å². The maximum absolute atomic E-state index is 13.3. The number of benzene rings is 2. The second-order valence-electron chi connectivity index (χ2n) is 7.60. The van der Waals surface area contributed by atoms with Crippen molar-refractivity contribution in [2.45, 2.75) is 17.6 Å². The fourth-order valence-electron chi connectivity index (χ4n) is 3.70. The summed E-state index contributed by atoms with van der Waals surface area (Å²) in [4.78, 5) is 32.2. The van der Waals surface area contributed by atoms with Gasteiger partial charge >= 0.3 is 0 Å². The van der Waals surface area contributed by atoms with Crippen LogP contribution >= 0.6 is 11.8 Å². The molecule has 168 valence electrons. The second-order valence-corrected chi connectivity index (χ2v) is 10.8. The van der Waals surface area contributed by atoms with Gasteiger partial charge in [-0.15, -0.1) is 0 Å². The molecule has 2 heterocycles. The zero-order valence-electron chi connectivity index (χ0n) is 17.7. The summed E-state index contributed by atoms with van der Waals surface area (Å²) in [5.74, 6) is 0.502. The summed E-state index contributed by atoms with van der Waals surface area (Å²) in [5, 5.41) is 0.849. The van der Waals surface area contributed by atoms with Gasteiger partial charge in [0.15, 0.2) is 15.0 Å². The molecule has 0 saturated carbocycles. The Morgan fingerprint density at radius 2 is 2.03 bits per heavy atom. The molecule has 0 N–H and O–H groups in total. The van der Waals surface area contributed by atoms with Crippen LogP contribution in [-0.2, 0) is 14.6 Å². The lowest BCUT2D eigenvalue weighted by Gasteiger charge is -2.23. The number of carbonyl (C=O) groups is 1. The van der Waals surface area contributed by atoms with E-state index in [4.69, 9.17) is 4.74 Å². The number of rotatable bonds is 6. The van der Waals surface area contributed by atoms with E-state index in [0.717, 1.165) is 11.8 Å². The molecule has 0 radical (unpaired) electrons. The first-order valence-electron chi connectivity index (χ1n) is 10.0. The average molecular weight is 474 g/mol. The van der Waals surface area contributed by atoms with E-state index in [2.05, 4.69) is 4.98 Å². The highest BCUT2D eigenvalue weighted by atomic mass is 32.2. The third kappa shape index (κ3) is 4.51. The molecule has 1 aliphatic heterocycles. The van der Waals surface area contributed by atoms with Crippen LogP contribution in [0.15, 0.2) is 58.5 Å². The number of aromatic nitrogens is 2. The van der Waals surface area contributed by atoms with Gasteiger partial charge in [-0.05, 0) is 30.7 Å². The third-order valence-corrected chi connectivity index (χ3v) is 8.20. The van der Waals surface area contributed by atoms with Crippen LogP contribution in [0.2, 0.25) is 0 Å². The molecular weight excluding hydrogens is 450 g/mol. The van der Waals surface area contributed by atoms with Crippen molar-refractivity contribution >= 4 is 38.4 Å². The van der Waals surface area contributed by atoms with Crippen molar-refractivity contribution < 1.29 is 17.9 Å². The van der Waals surface area contributed by atoms with Gasteiger partial charge in [0.2, 0.25) is 5.91 Å². The van der Waals surface area contributed by atoms with Crippen LogP contribution < -0.4 is 10.3 Å². The van der Waals surface area contributed by atoms with Gasteiger partial charge in [-0.3, -0.25) is 14.2 Å². The molecule has 3 aromatic rings. The lowest BCUT2D eigenvalue weighted by atomic mass is 10.2. The molecule has 1 atom stereocenters. The fraction of sp³-hybridized carbons (Fsp3) is 0.318. The van der Waals surface area contributed by atoms with Crippen LogP contribution in [-0.4, -0.2) is 66.2 Å². The van der Waals surface area contributed by atoms with E-state index in [1.54, 1.807) is 62.7 Å². The fourth-order valence-corrected chi connectivity index (χ4v) is 6.41. The van der Waals surface area contributed by atoms with Gasteiger partial charge in [0.05, 0.1) is 41.0 Å². The number of sulfone groups is 1. The van der Waals surface area contributed by atoms with E-state index in [-0.39, 0.29) is 34.8 Å². The Hall–Kier alpha value is -2.85. The number of hydrogen-bond acceptors (Lipinski definition) is 7. The quantitative estimate of drug-likeness (QED) is 0.400. The summed E-state index contributed by atoms with van der Waals surface area (Å²) >= 11 is 1.15. The van der Waals surface area contributed by atoms with E-state index in [1.807, 2.05) is 0 Å². The van der Waals surface area contributed by atoms with Gasteiger partial charge in [-0.1, -0.05) is 30.0 Å². The van der Waals surface area contributed by atoms with Gasteiger partial charge in [0.25, 0.3) is 5.56 Å². The number of fused-ring (bicyclic) bond motifs is 1. The highest BCUT2D eigenvalue weighted by Crippen LogP contribution is 2.25. The average Bonchev–Trinajstić information content (AvgIpc) is 3.16. The Bertz CT molecular complexity index is 1340. The number of nitrogens with zero attached hydrogens (tertiary/aromatic N) is 3. The minimum Gasteiger partial charge on any atom is -0.497 e. The Morgan fingerprint density at radius 3 is 2.75 bits per heavy atom. The van der Waals surface area contributed by atoms with E-state index in [9.17, 15) is 18.0 Å². The molecule has 0 aliphatic carbocycles. The summed E-state index contributed by atoms with van der Waals surface area (Å²) in [6.45, 7) is 0. The molecule has 1 amide bonds. The maximum atomic E-state index is 13.3. The summed E-state index contributed by atoms with van der Waals surface area (Å²) in [6.07, 6.45) is 0.442. The minimum absolute atomic E-state index is 0.0113. The predicted molar refractivity (Wildman–Crippen MR) is 124 cm³/mol. The standard InChI is InChI=1S/C22H23N3O5S2/c1-24(16-10-11-32(28,29)14-16)20(26)13-31-22-23-19-9-4-3-8-18(19)21(27)25(22)15-6-5-7-17(12-15)30-2/h3-9,12,16H,10-11,13-14H2,1-2H3/t16-/m1/s1. The molecule has 0 bridgehead atoms. The van der Waals surface area contributed by atoms with Crippen molar-refractivity contribution in [3.05, 3.63) is 58.9 Å². The first kappa shape index (κ1) is 22.3. The van der Waals surface area contributed by atoms with Gasteiger partial charge in [-0.2, -0.15) is 0 Å². The molecule has 1 aliphatic rings. The number of ether oxygens (including phenoxy) is 1. The van der Waals surface area contributed by atoms with Crippen molar-refractivity contribution in [2.75, 3.05) is 31.4 Å². The Morgan fingerprint density at radius 1 is 1.25 bits per heavy atom. The number of para-hydroxylation sites is 1. The summed E-state index contributed by atoms with van der Waals surface area (Å²) in [5.41, 5.74) is 0.883. The van der Waals surface area contributed by atoms with Crippen LogP contribution in [0, 0.1) is 0 Å². The van der Waals surface area contributed by atoms with E-state index in [1.165, 1.54) is 9.47 Å². The van der Waals surface area contributed by atoms with Crippen molar-refractivity contribution in [1.29, 1.82) is 0 Å². The van der Waals surface area contributed by atoms with Crippen LogP contribution in [0.4, 0.5) is 0 Å². The molecular formula is C22H23N3O5S2. The highest BCUT2D eigenvalue weighted by Gasteiger charge is 2.32. The molecule has 10 heteroatoms. The summed E-state index contributed by atoms with van der Waals surface area (Å²) < 4.78 is 30.3. The molecule has 1 saturated heterocycles. The Labute approximate surface area is 190 Å². The predicted octanol–water partition coefficient (Wildman–Crippen LogP) is 2.13. The molecule has 1 fully saturated rings. The highest BCUT2D eigenvalue weighted by molar-refractivity contribution is 7.99. The van der Waals surface area contributed by atoms with Gasteiger partial charge in [0, 0.05) is 19.2 Å². The molecule has 8 nitrogen and oxygen atoms in total. The molecule has 0 spiro atoms. The zero-order valence-corrected chi connectivity index (χ0v) is 19.4. The second kappa shape index (κ2) is 8.95. The monoisotopic (exact) mass is 473 g/mol. The lowest BCUT2D eigenvalue weighted by Crippen LogP contribution is -2.39. The van der Waals surface area contributed by atoms with Crippen LogP contribution in [0.25, 0.3) is 16.6 Å². The van der Waals surface area contributed by atoms with Crippen LogP contribution in [0.5, 0.6) is 5.75 Å². The maximum Gasteiger partial charge on any atom is 0.266 e. The Balaban J connectivity index is 1.67. The number of hydrogen-bond donors (Lipinski definition) is 0. The third-order valence-electron chi connectivity index (χ3n) is 5.53. The SMILES string of the molecule is COc1cccc(-n2c(SCC(=O)N(C)[C@@H]3CCS(=O)(=O)C3)nc3ccccc3c2=O)c1. The van der Waals surface area contributed by atoms with Gasteiger partial charge in [0.1, 0.15) is 5.75 Å². The molecule has 2 aromatic carbocycles. The minimum atomic E-state index is -3.09. The number of amides is 1. The first-order valence-corrected chi connectivity index (χ1v) is 12.8. The van der Waals surface area contributed by atoms with Gasteiger partial charge < -0.3 is 9.64 Å². The molecule has 1 aromatic heterocycles. The topological polar surface area (TPSA) is 98.6 Å². The Kier molecular flexibility index (Phi) is 6.25. The van der Waals surface area contributed by atoms with E-state index < -0.39 is 9.84 Å². The number of methoxy groups -OCH3 is 1. The molecule has 32 heavy (non-hydrogen) atoms. The normalized spacial score (nSPS) is 17.4. The van der Waals surface area contributed by atoms with E-state index >= 15 is 0 Å². The lowest BCUT2D eigenvalue weighted by molar-refractivity contribution is -0.128. The van der Waals surface area contributed by atoms with Crippen LogP contribution in [0.1, 0.15) is 6.42 Å².